The quantitative estimate of drug-likeness (QED) is 0.650. The molecule has 1 heterocycles. The Morgan fingerprint density at radius 3 is 2.69 bits per heavy atom. The first-order valence-electron chi connectivity index (χ1n) is 10.6. The SMILES string of the molecule is O=C(NC1CC2CCC1C2)C1=C[C@@H](C2CCC2)C[C@@H](OCCCCO)O1. The lowest BCUT2D eigenvalue weighted by atomic mass is 9.73. The molecule has 2 bridgehead atoms. The first-order valence-corrected chi connectivity index (χ1v) is 10.6. The highest BCUT2D eigenvalue weighted by atomic mass is 16.7. The second-order valence-corrected chi connectivity index (χ2v) is 8.73. The average Bonchev–Trinajstić information content (AvgIpc) is 3.20. The Bertz CT molecular complexity index is 530. The number of ether oxygens (including phenoxy) is 2. The summed E-state index contributed by atoms with van der Waals surface area (Å²) in [6, 6.07) is 0.332. The molecule has 3 aliphatic carbocycles. The highest BCUT2D eigenvalue weighted by Gasteiger charge is 2.41. The van der Waals surface area contributed by atoms with Crippen molar-refractivity contribution in [3.05, 3.63) is 11.8 Å². The molecule has 0 aromatic heterocycles. The zero-order valence-corrected chi connectivity index (χ0v) is 15.7. The van der Waals surface area contributed by atoms with E-state index < -0.39 is 0 Å². The average molecular weight is 363 g/mol. The smallest absolute Gasteiger partial charge is 0.286 e. The van der Waals surface area contributed by atoms with Crippen molar-refractivity contribution in [3.8, 4) is 0 Å². The molecular formula is C21H33NO4. The first kappa shape index (κ1) is 18.3. The minimum Gasteiger partial charge on any atom is -0.459 e. The van der Waals surface area contributed by atoms with Gasteiger partial charge in [0, 0.05) is 19.1 Å². The third kappa shape index (κ3) is 4.09. The van der Waals surface area contributed by atoms with Gasteiger partial charge in [-0.25, -0.2) is 0 Å². The fraction of sp³-hybridized carbons (Fsp3) is 0.857. The summed E-state index contributed by atoms with van der Waals surface area (Å²) in [4.78, 5) is 12.8. The molecule has 3 unspecified atom stereocenters. The van der Waals surface area contributed by atoms with Crippen LogP contribution in [0, 0.1) is 23.7 Å². The molecule has 0 spiro atoms. The lowest BCUT2D eigenvalue weighted by Gasteiger charge is -2.37. The van der Waals surface area contributed by atoms with Gasteiger partial charge in [-0.05, 0) is 74.7 Å². The maximum absolute atomic E-state index is 12.8. The van der Waals surface area contributed by atoms with Crippen LogP contribution in [0.4, 0.5) is 0 Å². The minimum atomic E-state index is -0.329. The molecule has 146 valence electrons. The molecule has 5 heteroatoms. The van der Waals surface area contributed by atoms with Crippen molar-refractivity contribution in [2.45, 2.75) is 76.5 Å². The number of rotatable bonds is 8. The van der Waals surface area contributed by atoms with Crippen molar-refractivity contribution in [1.82, 2.24) is 5.32 Å². The molecular weight excluding hydrogens is 330 g/mol. The van der Waals surface area contributed by atoms with Crippen molar-refractivity contribution >= 4 is 5.91 Å². The maximum Gasteiger partial charge on any atom is 0.286 e. The zero-order chi connectivity index (χ0) is 17.9. The summed E-state index contributed by atoms with van der Waals surface area (Å²) < 4.78 is 11.8. The fourth-order valence-electron chi connectivity index (χ4n) is 5.23. The van der Waals surface area contributed by atoms with Crippen LogP contribution in [0.5, 0.6) is 0 Å². The Kier molecular flexibility index (Phi) is 5.84. The van der Waals surface area contributed by atoms with Crippen molar-refractivity contribution in [2.24, 2.45) is 23.7 Å². The number of amides is 1. The predicted molar refractivity (Wildman–Crippen MR) is 98.1 cm³/mol. The molecule has 0 radical (unpaired) electrons. The van der Waals surface area contributed by atoms with Crippen LogP contribution in [-0.2, 0) is 14.3 Å². The summed E-state index contributed by atoms with van der Waals surface area (Å²) in [5, 5.41) is 12.2. The second-order valence-electron chi connectivity index (χ2n) is 8.73. The summed E-state index contributed by atoms with van der Waals surface area (Å²) in [6.07, 6.45) is 13.0. The molecule has 5 nitrogen and oxygen atoms in total. The van der Waals surface area contributed by atoms with Gasteiger partial charge in [-0.3, -0.25) is 4.79 Å². The number of aliphatic hydroxyl groups excluding tert-OH is 1. The van der Waals surface area contributed by atoms with Crippen LogP contribution < -0.4 is 5.32 Å². The Morgan fingerprint density at radius 1 is 1.15 bits per heavy atom. The van der Waals surface area contributed by atoms with Crippen LogP contribution in [0.15, 0.2) is 11.8 Å². The van der Waals surface area contributed by atoms with Gasteiger partial charge in [0.25, 0.3) is 5.91 Å². The number of unbranched alkanes of at least 4 members (excludes halogenated alkanes) is 1. The molecule has 5 atom stereocenters. The predicted octanol–water partition coefficient (Wildman–Crippen LogP) is 3.13. The van der Waals surface area contributed by atoms with Gasteiger partial charge in [0.2, 0.25) is 6.29 Å². The van der Waals surface area contributed by atoms with E-state index in [1.165, 1.54) is 38.5 Å². The topological polar surface area (TPSA) is 67.8 Å². The monoisotopic (exact) mass is 363 g/mol. The Morgan fingerprint density at radius 2 is 2.04 bits per heavy atom. The number of carbonyl (C=O) groups is 1. The maximum atomic E-state index is 12.8. The highest BCUT2D eigenvalue weighted by Crippen LogP contribution is 2.45. The Balaban J connectivity index is 1.35. The molecule has 3 saturated carbocycles. The van der Waals surface area contributed by atoms with E-state index in [0.717, 1.165) is 31.6 Å². The number of nitrogens with one attached hydrogen (secondary N) is 1. The third-order valence-electron chi connectivity index (χ3n) is 6.98. The molecule has 3 fully saturated rings. The van der Waals surface area contributed by atoms with Crippen LogP contribution >= 0.6 is 0 Å². The van der Waals surface area contributed by atoms with E-state index in [-0.39, 0.29) is 18.8 Å². The van der Waals surface area contributed by atoms with Crippen LogP contribution in [0.1, 0.15) is 64.2 Å². The second kappa shape index (κ2) is 8.30. The number of allylic oxidation sites excluding steroid dienone is 1. The molecule has 1 aliphatic heterocycles. The van der Waals surface area contributed by atoms with E-state index in [1.807, 2.05) is 0 Å². The number of hydrogen-bond donors (Lipinski definition) is 2. The van der Waals surface area contributed by atoms with Crippen molar-refractivity contribution in [3.63, 3.8) is 0 Å². The lowest BCUT2D eigenvalue weighted by Crippen LogP contribution is -2.42. The van der Waals surface area contributed by atoms with Crippen LogP contribution in [0.3, 0.4) is 0 Å². The van der Waals surface area contributed by atoms with E-state index >= 15 is 0 Å². The van der Waals surface area contributed by atoms with Crippen molar-refractivity contribution in [2.75, 3.05) is 13.2 Å². The van der Waals surface area contributed by atoms with E-state index in [1.54, 1.807) is 0 Å². The van der Waals surface area contributed by atoms with Gasteiger partial charge < -0.3 is 19.9 Å². The molecule has 0 aromatic carbocycles. The molecule has 0 aromatic rings. The van der Waals surface area contributed by atoms with Gasteiger partial charge >= 0.3 is 0 Å². The third-order valence-corrected chi connectivity index (χ3v) is 6.98. The number of hydrogen-bond acceptors (Lipinski definition) is 4. The van der Waals surface area contributed by atoms with Crippen LogP contribution in [0.25, 0.3) is 0 Å². The fourth-order valence-corrected chi connectivity index (χ4v) is 5.23. The van der Waals surface area contributed by atoms with Crippen molar-refractivity contribution < 1.29 is 19.4 Å². The summed E-state index contributed by atoms with van der Waals surface area (Å²) in [5.74, 6) is 2.98. The normalized spacial score (nSPS) is 36.3. The first-order chi connectivity index (χ1) is 12.7. The van der Waals surface area contributed by atoms with E-state index in [9.17, 15) is 4.79 Å². The molecule has 2 N–H and O–H groups in total. The lowest BCUT2D eigenvalue weighted by molar-refractivity contribution is -0.153. The Hall–Kier alpha value is -1.07. The van der Waals surface area contributed by atoms with E-state index in [4.69, 9.17) is 14.6 Å². The van der Waals surface area contributed by atoms with Gasteiger partial charge in [0.05, 0.1) is 6.61 Å². The zero-order valence-electron chi connectivity index (χ0n) is 15.7. The largest absolute Gasteiger partial charge is 0.459 e. The molecule has 0 saturated heterocycles. The van der Waals surface area contributed by atoms with Gasteiger partial charge in [-0.1, -0.05) is 12.8 Å². The van der Waals surface area contributed by atoms with Crippen LogP contribution in [-0.4, -0.2) is 36.6 Å². The minimum absolute atomic E-state index is 0.0458. The number of carbonyl (C=O) groups excluding carboxylic acids is 1. The van der Waals surface area contributed by atoms with Gasteiger partial charge in [-0.15, -0.1) is 0 Å². The molecule has 4 aliphatic rings. The van der Waals surface area contributed by atoms with E-state index in [0.29, 0.717) is 36.2 Å². The number of fused-ring (bicyclic) bond motifs is 2. The summed E-state index contributed by atoms with van der Waals surface area (Å²) >= 11 is 0. The standard InChI is InChI=1S/C21H33NO4/c23-8-1-2-9-25-20-13-17(15-4-3-5-15)12-19(26-20)21(24)22-18-11-14-6-7-16(18)10-14/h12,14-18,20,23H,1-11,13H2,(H,22,24)/t14?,16?,17-,18?,20+/m1/s1. The van der Waals surface area contributed by atoms with Crippen LogP contribution in [0.2, 0.25) is 0 Å². The molecule has 4 rings (SSSR count). The number of aliphatic hydroxyl groups is 1. The molecule has 1 amide bonds. The summed E-state index contributed by atoms with van der Waals surface area (Å²) in [6.45, 7) is 0.764. The van der Waals surface area contributed by atoms with Crippen molar-refractivity contribution in [1.29, 1.82) is 0 Å². The molecule has 26 heavy (non-hydrogen) atoms. The Labute approximate surface area is 156 Å². The summed E-state index contributed by atoms with van der Waals surface area (Å²) in [5.41, 5.74) is 0. The summed E-state index contributed by atoms with van der Waals surface area (Å²) in [7, 11) is 0. The van der Waals surface area contributed by atoms with Gasteiger partial charge in [0.15, 0.2) is 5.76 Å². The van der Waals surface area contributed by atoms with Gasteiger partial charge in [-0.2, -0.15) is 0 Å². The highest BCUT2D eigenvalue weighted by molar-refractivity contribution is 5.91. The van der Waals surface area contributed by atoms with E-state index in [2.05, 4.69) is 11.4 Å². The van der Waals surface area contributed by atoms with Gasteiger partial charge in [0.1, 0.15) is 0 Å².